The minimum absolute atomic E-state index is 0.523. The second-order valence-corrected chi connectivity index (χ2v) is 5.72. The molecular formula is C18H22N2. The Kier molecular flexibility index (Phi) is 3.75. The van der Waals surface area contributed by atoms with E-state index in [2.05, 4.69) is 72.7 Å². The van der Waals surface area contributed by atoms with Crippen LogP contribution >= 0.6 is 0 Å². The van der Waals surface area contributed by atoms with Crippen molar-refractivity contribution in [3.05, 3.63) is 65.2 Å². The molecule has 1 N–H and O–H groups in total. The lowest BCUT2D eigenvalue weighted by molar-refractivity contribution is 0.480. The number of fused-ring (bicyclic) bond motifs is 1. The van der Waals surface area contributed by atoms with Crippen LogP contribution in [-0.2, 0) is 13.0 Å². The van der Waals surface area contributed by atoms with Crippen molar-refractivity contribution >= 4 is 5.69 Å². The van der Waals surface area contributed by atoms with Crippen LogP contribution in [0, 0.1) is 6.92 Å². The van der Waals surface area contributed by atoms with Crippen LogP contribution in [0.4, 0.5) is 5.69 Å². The highest BCUT2D eigenvalue weighted by Gasteiger charge is 2.19. The fraction of sp³-hybridized carbons (Fsp3) is 0.333. The molecule has 1 heterocycles. The Bertz CT molecular complexity index is 591. The molecule has 2 aromatic rings. The van der Waals surface area contributed by atoms with Gasteiger partial charge in [-0.3, -0.25) is 0 Å². The second kappa shape index (κ2) is 5.68. The number of likely N-dealkylation sites (N-methyl/N-ethyl adjacent to an activating group) is 1. The van der Waals surface area contributed by atoms with E-state index in [1.54, 1.807) is 0 Å². The summed E-state index contributed by atoms with van der Waals surface area (Å²) in [6, 6.07) is 17.9. The van der Waals surface area contributed by atoms with E-state index < -0.39 is 0 Å². The molecule has 0 saturated carbocycles. The Morgan fingerprint density at radius 1 is 1.05 bits per heavy atom. The molecule has 1 unspecified atom stereocenters. The minimum atomic E-state index is 0.523. The largest absolute Gasteiger partial charge is 0.373 e. The molecule has 0 aromatic heterocycles. The van der Waals surface area contributed by atoms with Crippen LogP contribution in [0.5, 0.6) is 0 Å². The Hall–Kier alpha value is -1.80. The van der Waals surface area contributed by atoms with E-state index in [-0.39, 0.29) is 0 Å². The van der Waals surface area contributed by atoms with E-state index in [0.717, 1.165) is 19.5 Å². The van der Waals surface area contributed by atoms with E-state index in [1.165, 1.54) is 22.4 Å². The van der Waals surface area contributed by atoms with Gasteiger partial charge in [0.1, 0.15) is 0 Å². The predicted octanol–water partition coefficient (Wildman–Crippen LogP) is 3.15. The first-order valence-corrected chi connectivity index (χ1v) is 7.31. The normalized spacial score (nSPS) is 17.6. The molecule has 0 aliphatic carbocycles. The average molecular weight is 266 g/mol. The maximum atomic E-state index is 3.65. The van der Waals surface area contributed by atoms with Gasteiger partial charge in [0.25, 0.3) is 0 Å². The average Bonchev–Trinajstić information content (AvgIpc) is 2.47. The van der Waals surface area contributed by atoms with Crippen molar-refractivity contribution in [2.24, 2.45) is 0 Å². The number of hydrogen-bond acceptors (Lipinski definition) is 2. The molecule has 2 nitrogen and oxygen atoms in total. The zero-order valence-electron chi connectivity index (χ0n) is 12.3. The van der Waals surface area contributed by atoms with Gasteiger partial charge < -0.3 is 10.2 Å². The van der Waals surface area contributed by atoms with Gasteiger partial charge in [0.2, 0.25) is 0 Å². The Morgan fingerprint density at radius 3 is 2.55 bits per heavy atom. The van der Waals surface area contributed by atoms with E-state index >= 15 is 0 Å². The number of rotatable bonds is 3. The standard InChI is InChI=1S/C18H22N2/c1-14-7-3-6-10-18(14)20(2)13-17-11-15-8-4-5-9-16(15)12-19-17/h3-10,17,19H,11-13H2,1-2H3. The summed E-state index contributed by atoms with van der Waals surface area (Å²) in [5.74, 6) is 0. The van der Waals surface area contributed by atoms with E-state index in [1.807, 2.05) is 0 Å². The molecule has 1 atom stereocenters. The molecule has 104 valence electrons. The van der Waals surface area contributed by atoms with Crippen LogP contribution in [0.15, 0.2) is 48.5 Å². The summed E-state index contributed by atoms with van der Waals surface area (Å²) < 4.78 is 0. The number of hydrogen-bond donors (Lipinski definition) is 1. The van der Waals surface area contributed by atoms with Crippen molar-refractivity contribution in [1.29, 1.82) is 0 Å². The zero-order chi connectivity index (χ0) is 13.9. The molecular weight excluding hydrogens is 244 g/mol. The maximum Gasteiger partial charge on any atom is 0.0393 e. The summed E-state index contributed by atoms with van der Waals surface area (Å²) in [5, 5.41) is 3.65. The van der Waals surface area contributed by atoms with E-state index in [0.29, 0.717) is 6.04 Å². The third-order valence-corrected chi connectivity index (χ3v) is 4.19. The molecule has 2 aromatic carbocycles. The number of aryl methyl sites for hydroxylation is 1. The zero-order valence-corrected chi connectivity index (χ0v) is 12.3. The van der Waals surface area contributed by atoms with Crippen LogP contribution in [0.3, 0.4) is 0 Å². The molecule has 20 heavy (non-hydrogen) atoms. The molecule has 0 radical (unpaired) electrons. The van der Waals surface area contributed by atoms with Crippen molar-refractivity contribution in [3.63, 3.8) is 0 Å². The van der Waals surface area contributed by atoms with Gasteiger partial charge in [-0.15, -0.1) is 0 Å². The number of para-hydroxylation sites is 1. The van der Waals surface area contributed by atoms with Crippen molar-refractivity contribution in [2.75, 3.05) is 18.5 Å². The molecule has 1 aliphatic heterocycles. The molecule has 2 heteroatoms. The Labute approximate surface area is 121 Å². The van der Waals surface area contributed by atoms with Crippen LogP contribution in [0.2, 0.25) is 0 Å². The Morgan fingerprint density at radius 2 is 1.75 bits per heavy atom. The van der Waals surface area contributed by atoms with E-state index in [9.17, 15) is 0 Å². The lowest BCUT2D eigenvalue weighted by atomic mass is 9.95. The fourth-order valence-corrected chi connectivity index (χ4v) is 3.07. The lowest BCUT2D eigenvalue weighted by Gasteiger charge is -2.31. The summed E-state index contributed by atoms with van der Waals surface area (Å²) >= 11 is 0. The monoisotopic (exact) mass is 266 g/mol. The second-order valence-electron chi connectivity index (χ2n) is 5.72. The molecule has 0 fully saturated rings. The smallest absolute Gasteiger partial charge is 0.0393 e. The van der Waals surface area contributed by atoms with Gasteiger partial charge in [0, 0.05) is 31.9 Å². The van der Waals surface area contributed by atoms with Gasteiger partial charge in [0.15, 0.2) is 0 Å². The summed E-state index contributed by atoms with van der Waals surface area (Å²) in [6.45, 7) is 4.21. The van der Waals surface area contributed by atoms with E-state index in [4.69, 9.17) is 0 Å². The summed E-state index contributed by atoms with van der Waals surface area (Å²) in [5.41, 5.74) is 5.61. The van der Waals surface area contributed by atoms with Crippen LogP contribution in [-0.4, -0.2) is 19.6 Å². The molecule has 0 saturated heterocycles. The quantitative estimate of drug-likeness (QED) is 0.918. The molecule has 0 amide bonds. The van der Waals surface area contributed by atoms with Gasteiger partial charge in [-0.25, -0.2) is 0 Å². The number of nitrogens with zero attached hydrogens (tertiary/aromatic N) is 1. The summed E-state index contributed by atoms with van der Waals surface area (Å²) in [6.07, 6.45) is 1.12. The maximum absolute atomic E-state index is 3.65. The van der Waals surface area contributed by atoms with Crippen LogP contribution in [0.25, 0.3) is 0 Å². The number of benzene rings is 2. The van der Waals surface area contributed by atoms with Crippen LogP contribution in [0.1, 0.15) is 16.7 Å². The fourth-order valence-electron chi connectivity index (χ4n) is 3.07. The van der Waals surface area contributed by atoms with Gasteiger partial charge >= 0.3 is 0 Å². The first kappa shape index (κ1) is 13.2. The first-order valence-electron chi connectivity index (χ1n) is 7.31. The predicted molar refractivity (Wildman–Crippen MR) is 85.2 cm³/mol. The molecule has 1 aliphatic rings. The topological polar surface area (TPSA) is 15.3 Å². The molecule has 0 spiro atoms. The van der Waals surface area contributed by atoms with Gasteiger partial charge in [-0.1, -0.05) is 42.5 Å². The minimum Gasteiger partial charge on any atom is -0.373 e. The van der Waals surface area contributed by atoms with Gasteiger partial charge in [-0.2, -0.15) is 0 Å². The number of nitrogens with one attached hydrogen (secondary N) is 1. The highest BCUT2D eigenvalue weighted by molar-refractivity contribution is 5.52. The Balaban J connectivity index is 1.69. The van der Waals surface area contributed by atoms with Crippen LogP contribution < -0.4 is 10.2 Å². The highest BCUT2D eigenvalue weighted by Crippen LogP contribution is 2.21. The SMILES string of the molecule is Cc1ccccc1N(C)CC1Cc2ccccc2CN1. The highest BCUT2D eigenvalue weighted by atomic mass is 15.1. The van der Waals surface area contributed by atoms with Gasteiger partial charge in [-0.05, 0) is 36.1 Å². The summed E-state index contributed by atoms with van der Waals surface area (Å²) in [4.78, 5) is 2.36. The van der Waals surface area contributed by atoms with Crippen molar-refractivity contribution in [2.45, 2.75) is 25.9 Å². The van der Waals surface area contributed by atoms with Crippen molar-refractivity contribution < 1.29 is 0 Å². The summed E-state index contributed by atoms with van der Waals surface area (Å²) in [7, 11) is 2.19. The molecule has 3 rings (SSSR count). The van der Waals surface area contributed by atoms with Crippen molar-refractivity contribution in [1.82, 2.24) is 5.32 Å². The third kappa shape index (κ3) is 2.70. The number of anilines is 1. The molecule has 0 bridgehead atoms. The first-order chi connectivity index (χ1) is 9.74. The third-order valence-electron chi connectivity index (χ3n) is 4.19. The van der Waals surface area contributed by atoms with Gasteiger partial charge in [0.05, 0.1) is 0 Å². The lowest BCUT2D eigenvalue weighted by Crippen LogP contribution is -2.43. The van der Waals surface area contributed by atoms with Crippen molar-refractivity contribution in [3.8, 4) is 0 Å².